The number of hydrogen-bond donors (Lipinski definition) is 2. The Morgan fingerprint density at radius 1 is 1.27 bits per heavy atom. The van der Waals surface area contributed by atoms with Crippen molar-refractivity contribution in [3.8, 4) is 0 Å². The Hall–Kier alpha value is -1.88. The minimum atomic E-state index is 0.144. The number of nitrogens with zero attached hydrogens (tertiary/aromatic N) is 3. The summed E-state index contributed by atoms with van der Waals surface area (Å²) in [6.45, 7) is 0. The maximum absolute atomic E-state index is 6.03. The Morgan fingerprint density at radius 3 is 3.00 bits per heavy atom. The maximum atomic E-state index is 6.03. The van der Waals surface area contributed by atoms with Crippen LogP contribution < -0.4 is 5.73 Å². The van der Waals surface area contributed by atoms with Gasteiger partial charge in [-0.05, 0) is 6.07 Å². The van der Waals surface area contributed by atoms with E-state index in [2.05, 4.69) is 20.2 Å². The highest BCUT2D eigenvalue weighted by molar-refractivity contribution is 6.36. The molecular formula is C9H6ClN5. The molecule has 15 heavy (non-hydrogen) atoms. The van der Waals surface area contributed by atoms with E-state index in [0.717, 1.165) is 10.9 Å². The Morgan fingerprint density at radius 2 is 2.13 bits per heavy atom. The molecule has 0 fully saturated rings. The lowest BCUT2D eigenvalue weighted by molar-refractivity contribution is 1.04. The smallest absolute Gasteiger partial charge is 0.242 e. The van der Waals surface area contributed by atoms with E-state index in [1.807, 2.05) is 12.1 Å². The van der Waals surface area contributed by atoms with E-state index >= 15 is 0 Å². The second-order valence-electron chi connectivity index (χ2n) is 3.15. The number of nitrogens with two attached hydrogens (primary N) is 1. The summed E-state index contributed by atoms with van der Waals surface area (Å²) in [6, 6.07) is 5.57. The Kier molecular flexibility index (Phi) is 1.58. The van der Waals surface area contributed by atoms with Crippen LogP contribution in [0.15, 0.2) is 18.2 Å². The van der Waals surface area contributed by atoms with E-state index in [1.54, 1.807) is 6.07 Å². The summed E-state index contributed by atoms with van der Waals surface area (Å²) < 4.78 is 0. The van der Waals surface area contributed by atoms with Crippen LogP contribution in [0.2, 0.25) is 5.02 Å². The van der Waals surface area contributed by atoms with E-state index < -0.39 is 0 Å². The predicted octanol–water partition coefficient (Wildman–Crippen LogP) is 1.74. The van der Waals surface area contributed by atoms with Gasteiger partial charge in [0.25, 0.3) is 0 Å². The van der Waals surface area contributed by atoms with Gasteiger partial charge in [-0.25, -0.2) is 0 Å². The Balaban J connectivity index is 2.57. The van der Waals surface area contributed by atoms with Crippen LogP contribution in [0.25, 0.3) is 22.1 Å². The predicted molar refractivity (Wildman–Crippen MR) is 58.6 cm³/mol. The normalized spacial score (nSPS) is 11.3. The third kappa shape index (κ3) is 1.13. The molecule has 0 radical (unpaired) electrons. The van der Waals surface area contributed by atoms with Gasteiger partial charge in [0.05, 0.1) is 10.5 Å². The lowest BCUT2D eigenvalue weighted by Gasteiger charge is -1.90. The molecule has 1 aromatic carbocycles. The number of aromatic amines is 1. The van der Waals surface area contributed by atoms with Crippen molar-refractivity contribution in [1.29, 1.82) is 0 Å². The van der Waals surface area contributed by atoms with Gasteiger partial charge in [-0.3, -0.25) is 0 Å². The fraction of sp³-hybridized carbons (Fsp3) is 0. The van der Waals surface area contributed by atoms with E-state index in [0.29, 0.717) is 16.2 Å². The minimum Gasteiger partial charge on any atom is -0.366 e. The molecule has 0 amide bonds. The molecule has 3 N–H and O–H groups in total. The van der Waals surface area contributed by atoms with Crippen molar-refractivity contribution in [3.63, 3.8) is 0 Å². The number of nitrogen functional groups attached to an aromatic ring is 1. The van der Waals surface area contributed by atoms with Crippen LogP contribution in [0.5, 0.6) is 0 Å². The van der Waals surface area contributed by atoms with Crippen molar-refractivity contribution in [3.05, 3.63) is 23.2 Å². The summed E-state index contributed by atoms with van der Waals surface area (Å²) in [5, 5.41) is 9.23. The highest BCUT2D eigenvalue weighted by atomic mass is 35.5. The zero-order chi connectivity index (χ0) is 10.4. The van der Waals surface area contributed by atoms with Gasteiger partial charge < -0.3 is 10.7 Å². The molecular weight excluding hydrogens is 214 g/mol. The lowest BCUT2D eigenvalue weighted by atomic mass is 10.2. The summed E-state index contributed by atoms with van der Waals surface area (Å²) in [5.41, 5.74) is 7.54. The van der Waals surface area contributed by atoms with Crippen LogP contribution in [0.3, 0.4) is 0 Å². The first-order valence-electron chi connectivity index (χ1n) is 4.32. The molecule has 0 saturated heterocycles. The summed E-state index contributed by atoms with van der Waals surface area (Å²) in [7, 11) is 0. The van der Waals surface area contributed by atoms with Crippen molar-refractivity contribution in [1.82, 2.24) is 20.2 Å². The van der Waals surface area contributed by atoms with Crippen LogP contribution >= 0.6 is 11.6 Å². The van der Waals surface area contributed by atoms with Gasteiger partial charge in [0, 0.05) is 5.39 Å². The third-order valence-electron chi connectivity index (χ3n) is 2.22. The molecule has 0 spiro atoms. The summed E-state index contributed by atoms with van der Waals surface area (Å²) in [4.78, 5) is 7.11. The summed E-state index contributed by atoms with van der Waals surface area (Å²) >= 11 is 6.03. The number of halogens is 1. The number of para-hydroxylation sites is 1. The molecule has 6 heteroatoms. The van der Waals surface area contributed by atoms with Gasteiger partial charge in [-0.15, -0.1) is 10.2 Å². The molecule has 0 aliphatic heterocycles. The standard InChI is InChI=1S/C9H6ClN5/c10-5-3-1-2-4-6(5)12-8-7(4)14-15-9(11)13-8/h1-3H,(H3,11,12,13,15). The Bertz CT molecular complexity index is 660. The van der Waals surface area contributed by atoms with Crippen LogP contribution in [0.4, 0.5) is 5.95 Å². The molecule has 0 bridgehead atoms. The van der Waals surface area contributed by atoms with E-state index in [1.165, 1.54) is 0 Å². The molecule has 5 nitrogen and oxygen atoms in total. The molecule has 2 heterocycles. The number of nitrogens with one attached hydrogen (secondary N) is 1. The molecule has 0 atom stereocenters. The molecule has 0 unspecified atom stereocenters. The van der Waals surface area contributed by atoms with Crippen molar-refractivity contribution in [2.45, 2.75) is 0 Å². The largest absolute Gasteiger partial charge is 0.366 e. The second-order valence-corrected chi connectivity index (χ2v) is 3.56. The number of benzene rings is 1. The molecule has 3 aromatic rings. The average Bonchev–Trinajstić information content (AvgIpc) is 2.57. The first kappa shape index (κ1) is 8.43. The number of aromatic nitrogens is 4. The quantitative estimate of drug-likeness (QED) is 0.604. The van der Waals surface area contributed by atoms with Gasteiger partial charge in [0.1, 0.15) is 5.52 Å². The lowest BCUT2D eigenvalue weighted by Crippen LogP contribution is -1.96. The van der Waals surface area contributed by atoms with E-state index in [-0.39, 0.29) is 5.95 Å². The fourth-order valence-electron chi connectivity index (χ4n) is 1.57. The van der Waals surface area contributed by atoms with Crippen LogP contribution in [0.1, 0.15) is 0 Å². The molecule has 3 rings (SSSR count). The molecule has 2 aromatic heterocycles. The first-order chi connectivity index (χ1) is 7.25. The second kappa shape index (κ2) is 2.80. The molecule has 0 aliphatic rings. The van der Waals surface area contributed by atoms with Crippen LogP contribution in [-0.2, 0) is 0 Å². The van der Waals surface area contributed by atoms with E-state index in [4.69, 9.17) is 17.3 Å². The SMILES string of the molecule is Nc1nnc2c(n1)[nH]c1c(Cl)cccc12. The van der Waals surface area contributed by atoms with Gasteiger partial charge in [0.15, 0.2) is 5.65 Å². The minimum absolute atomic E-state index is 0.144. The monoisotopic (exact) mass is 219 g/mol. The average molecular weight is 220 g/mol. The fourth-order valence-corrected chi connectivity index (χ4v) is 1.80. The topological polar surface area (TPSA) is 80.5 Å². The van der Waals surface area contributed by atoms with Crippen molar-refractivity contribution in [2.75, 3.05) is 5.73 Å². The van der Waals surface area contributed by atoms with Gasteiger partial charge in [-0.2, -0.15) is 4.98 Å². The van der Waals surface area contributed by atoms with Crippen molar-refractivity contribution in [2.24, 2.45) is 0 Å². The third-order valence-corrected chi connectivity index (χ3v) is 2.53. The summed E-state index contributed by atoms with van der Waals surface area (Å²) in [5.74, 6) is 0.144. The number of rotatable bonds is 0. The number of anilines is 1. The number of H-pyrrole nitrogens is 1. The van der Waals surface area contributed by atoms with Crippen LogP contribution in [0, 0.1) is 0 Å². The van der Waals surface area contributed by atoms with Crippen molar-refractivity contribution >= 4 is 39.6 Å². The maximum Gasteiger partial charge on any atom is 0.242 e. The molecule has 0 aliphatic carbocycles. The molecule has 0 saturated carbocycles. The number of fused-ring (bicyclic) bond motifs is 3. The highest BCUT2D eigenvalue weighted by Crippen LogP contribution is 2.27. The number of hydrogen-bond acceptors (Lipinski definition) is 4. The van der Waals surface area contributed by atoms with Gasteiger partial charge in [-0.1, -0.05) is 23.7 Å². The van der Waals surface area contributed by atoms with Crippen molar-refractivity contribution < 1.29 is 0 Å². The zero-order valence-corrected chi connectivity index (χ0v) is 8.28. The Labute approximate surface area is 89.3 Å². The van der Waals surface area contributed by atoms with Gasteiger partial charge >= 0.3 is 0 Å². The zero-order valence-electron chi connectivity index (χ0n) is 7.53. The first-order valence-corrected chi connectivity index (χ1v) is 4.69. The van der Waals surface area contributed by atoms with Gasteiger partial charge in [0.2, 0.25) is 5.95 Å². The van der Waals surface area contributed by atoms with Crippen LogP contribution in [-0.4, -0.2) is 20.2 Å². The van der Waals surface area contributed by atoms with E-state index in [9.17, 15) is 0 Å². The highest BCUT2D eigenvalue weighted by Gasteiger charge is 2.09. The summed E-state index contributed by atoms with van der Waals surface area (Å²) in [6.07, 6.45) is 0. The molecule has 74 valence electrons.